The predicted octanol–water partition coefficient (Wildman–Crippen LogP) is 4.09. The lowest BCUT2D eigenvalue weighted by Gasteiger charge is -2.14. The van der Waals surface area contributed by atoms with Gasteiger partial charge in [0.25, 0.3) is 0 Å². The van der Waals surface area contributed by atoms with Crippen LogP contribution in [0.25, 0.3) is 0 Å². The summed E-state index contributed by atoms with van der Waals surface area (Å²) in [6.07, 6.45) is 0. The van der Waals surface area contributed by atoms with E-state index in [1.54, 1.807) is 0 Å². The van der Waals surface area contributed by atoms with E-state index in [1.807, 2.05) is 13.8 Å². The van der Waals surface area contributed by atoms with Gasteiger partial charge in [-0.1, -0.05) is 29.8 Å². The molecule has 0 saturated heterocycles. The molecule has 6 heteroatoms. The Morgan fingerprint density at radius 1 is 1.29 bits per heavy atom. The summed E-state index contributed by atoms with van der Waals surface area (Å²) in [6.45, 7) is 3.69. The second-order valence-corrected chi connectivity index (χ2v) is 5.72. The molecule has 1 atom stereocenters. The summed E-state index contributed by atoms with van der Waals surface area (Å²) in [5.74, 6) is -1.66. The molecule has 1 N–H and O–H groups in total. The summed E-state index contributed by atoms with van der Waals surface area (Å²) in [7, 11) is 0. The van der Waals surface area contributed by atoms with Crippen molar-refractivity contribution in [2.75, 3.05) is 5.32 Å². The van der Waals surface area contributed by atoms with Crippen LogP contribution < -0.4 is 5.32 Å². The van der Waals surface area contributed by atoms with Gasteiger partial charge in [-0.2, -0.15) is 0 Å². The molecule has 0 spiro atoms. The Balaban J connectivity index is 2.89. The third-order valence-electron chi connectivity index (χ3n) is 2.10. The Hall–Kier alpha value is -0.490. The van der Waals surface area contributed by atoms with Crippen molar-refractivity contribution < 1.29 is 13.6 Å². The fourth-order valence-electron chi connectivity index (χ4n) is 1.12. The van der Waals surface area contributed by atoms with Crippen LogP contribution in [-0.4, -0.2) is 10.7 Å². The molecule has 0 radical (unpaired) electrons. The second-order valence-electron chi connectivity index (χ2n) is 3.88. The standard InChI is InChI=1S/C11H11Br2F2NO/c1-5(2)10(13)11(17)16-9-4-7(14)6(12)3-8(9)15/h3-5,10H,1-2H3,(H,16,17). The smallest absolute Gasteiger partial charge is 0.238 e. The minimum Gasteiger partial charge on any atom is -0.323 e. The molecule has 1 aromatic rings. The van der Waals surface area contributed by atoms with Crippen molar-refractivity contribution in [2.45, 2.75) is 18.7 Å². The van der Waals surface area contributed by atoms with Crippen molar-refractivity contribution in [1.82, 2.24) is 0 Å². The van der Waals surface area contributed by atoms with E-state index in [0.717, 1.165) is 12.1 Å². The molecule has 0 aliphatic heterocycles. The van der Waals surface area contributed by atoms with Crippen LogP contribution in [0.4, 0.5) is 14.5 Å². The van der Waals surface area contributed by atoms with Gasteiger partial charge in [0, 0.05) is 6.07 Å². The highest BCUT2D eigenvalue weighted by molar-refractivity contribution is 9.10. The average Bonchev–Trinajstić information content (AvgIpc) is 2.24. The van der Waals surface area contributed by atoms with Crippen LogP contribution in [0.5, 0.6) is 0 Å². The summed E-state index contributed by atoms with van der Waals surface area (Å²) in [6, 6.07) is 1.92. The molecule has 0 aliphatic rings. The maximum atomic E-state index is 13.4. The van der Waals surface area contributed by atoms with Gasteiger partial charge in [0.05, 0.1) is 15.0 Å². The zero-order valence-corrected chi connectivity index (χ0v) is 12.4. The zero-order chi connectivity index (χ0) is 13.2. The minimum atomic E-state index is -0.685. The molecule has 17 heavy (non-hydrogen) atoms. The van der Waals surface area contributed by atoms with Crippen LogP contribution in [0.1, 0.15) is 13.8 Å². The maximum absolute atomic E-state index is 13.4. The molecule has 1 amide bonds. The van der Waals surface area contributed by atoms with E-state index < -0.39 is 22.4 Å². The van der Waals surface area contributed by atoms with E-state index in [9.17, 15) is 13.6 Å². The van der Waals surface area contributed by atoms with E-state index in [0.29, 0.717) is 0 Å². The molecule has 94 valence electrons. The largest absolute Gasteiger partial charge is 0.323 e. The van der Waals surface area contributed by atoms with Crippen LogP contribution in [0.2, 0.25) is 0 Å². The Bertz CT molecular complexity index is 438. The normalized spacial score (nSPS) is 12.6. The Kier molecular flexibility index (Phi) is 5.06. The molecule has 0 aromatic heterocycles. The van der Waals surface area contributed by atoms with E-state index in [4.69, 9.17) is 0 Å². The number of hydrogen-bond acceptors (Lipinski definition) is 1. The Morgan fingerprint density at radius 3 is 2.41 bits per heavy atom. The number of carbonyl (C=O) groups excluding carboxylic acids is 1. The van der Waals surface area contributed by atoms with E-state index in [1.165, 1.54) is 0 Å². The van der Waals surface area contributed by atoms with Crippen molar-refractivity contribution >= 4 is 43.5 Å². The molecule has 0 heterocycles. The maximum Gasteiger partial charge on any atom is 0.238 e. The summed E-state index contributed by atoms with van der Waals surface area (Å²) < 4.78 is 26.6. The molecular formula is C11H11Br2F2NO. The van der Waals surface area contributed by atoms with Gasteiger partial charge < -0.3 is 5.32 Å². The zero-order valence-electron chi connectivity index (χ0n) is 9.23. The van der Waals surface area contributed by atoms with Gasteiger partial charge in [-0.3, -0.25) is 4.79 Å². The molecule has 1 rings (SSSR count). The number of benzene rings is 1. The van der Waals surface area contributed by atoms with Crippen LogP contribution in [0.15, 0.2) is 16.6 Å². The molecule has 0 aliphatic carbocycles. The van der Waals surface area contributed by atoms with Crippen LogP contribution in [0.3, 0.4) is 0 Å². The molecule has 0 saturated carbocycles. The first-order valence-corrected chi connectivity index (χ1v) is 6.63. The molecular weight excluding hydrogens is 360 g/mol. The van der Waals surface area contributed by atoms with Crippen LogP contribution in [-0.2, 0) is 4.79 Å². The fourth-order valence-corrected chi connectivity index (χ4v) is 1.55. The minimum absolute atomic E-state index is 0.0206. The predicted molar refractivity (Wildman–Crippen MR) is 70.2 cm³/mol. The Morgan fingerprint density at radius 2 is 1.88 bits per heavy atom. The highest BCUT2D eigenvalue weighted by Crippen LogP contribution is 2.24. The number of alkyl halides is 1. The summed E-state index contributed by atoms with van der Waals surface area (Å²) in [5.41, 5.74) is -0.166. The van der Waals surface area contributed by atoms with Gasteiger partial charge in [0.15, 0.2) is 0 Å². The molecule has 0 fully saturated rings. The highest BCUT2D eigenvalue weighted by Gasteiger charge is 2.20. The number of carbonyl (C=O) groups is 1. The average molecular weight is 371 g/mol. The van der Waals surface area contributed by atoms with Crippen LogP contribution in [0, 0.1) is 17.6 Å². The van der Waals surface area contributed by atoms with Gasteiger partial charge in [-0.05, 0) is 27.9 Å². The first-order chi connectivity index (χ1) is 7.82. The van der Waals surface area contributed by atoms with Crippen molar-refractivity contribution in [3.8, 4) is 0 Å². The van der Waals surface area contributed by atoms with E-state index in [2.05, 4.69) is 37.2 Å². The molecule has 1 aromatic carbocycles. The lowest BCUT2D eigenvalue weighted by molar-refractivity contribution is -0.116. The summed E-state index contributed by atoms with van der Waals surface area (Å²) in [4.78, 5) is 11.2. The number of hydrogen-bond donors (Lipinski definition) is 1. The second kappa shape index (κ2) is 5.91. The quantitative estimate of drug-likeness (QED) is 0.630. The SMILES string of the molecule is CC(C)C(Br)C(=O)Nc1cc(F)c(Br)cc1F. The number of rotatable bonds is 3. The fraction of sp³-hybridized carbons (Fsp3) is 0.364. The first kappa shape index (κ1) is 14.6. The van der Waals surface area contributed by atoms with Gasteiger partial charge in [-0.25, -0.2) is 8.78 Å². The summed E-state index contributed by atoms with van der Waals surface area (Å²) >= 11 is 6.05. The van der Waals surface area contributed by atoms with Crippen molar-refractivity contribution in [1.29, 1.82) is 0 Å². The lowest BCUT2D eigenvalue weighted by atomic mass is 10.1. The van der Waals surface area contributed by atoms with Gasteiger partial charge >= 0.3 is 0 Å². The first-order valence-electron chi connectivity index (χ1n) is 4.92. The number of nitrogens with one attached hydrogen (secondary N) is 1. The van der Waals surface area contributed by atoms with Crippen molar-refractivity contribution in [3.05, 3.63) is 28.2 Å². The van der Waals surface area contributed by atoms with E-state index in [-0.39, 0.29) is 16.1 Å². The third-order valence-corrected chi connectivity index (χ3v) is 4.18. The number of amides is 1. The molecule has 2 nitrogen and oxygen atoms in total. The molecule has 0 bridgehead atoms. The topological polar surface area (TPSA) is 29.1 Å². The Labute approximate surface area is 115 Å². The van der Waals surface area contributed by atoms with E-state index >= 15 is 0 Å². The summed E-state index contributed by atoms with van der Waals surface area (Å²) in [5, 5.41) is 2.34. The van der Waals surface area contributed by atoms with Crippen molar-refractivity contribution in [3.63, 3.8) is 0 Å². The van der Waals surface area contributed by atoms with Crippen molar-refractivity contribution in [2.24, 2.45) is 5.92 Å². The lowest BCUT2D eigenvalue weighted by Crippen LogP contribution is -2.27. The van der Waals surface area contributed by atoms with Gasteiger partial charge in [0.2, 0.25) is 5.91 Å². The van der Waals surface area contributed by atoms with Gasteiger partial charge in [0.1, 0.15) is 11.6 Å². The number of halogens is 4. The van der Waals surface area contributed by atoms with Crippen LogP contribution >= 0.6 is 31.9 Å². The third kappa shape index (κ3) is 3.74. The number of anilines is 1. The molecule has 1 unspecified atom stereocenters. The highest BCUT2D eigenvalue weighted by atomic mass is 79.9. The van der Waals surface area contributed by atoms with Gasteiger partial charge in [-0.15, -0.1) is 0 Å². The monoisotopic (exact) mass is 369 g/mol.